The van der Waals surface area contributed by atoms with Gasteiger partial charge in [-0.3, -0.25) is 4.79 Å². The van der Waals surface area contributed by atoms with E-state index in [-0.39, 0.29) is 23.2 Å². The summed E-state index contributed by atoms with van der Waals surface area (Å²) in [4.78, 5) is 12.2. The van der Waals surface area contributed by atoms with Crippen molar-refractivity contribution in [3.8, 4) is 5.75 Å². The number of halogens is 3. The third-order valence-corrected chi connectivity index (χ3v) is 4.12. The van der Waals surface area contributed by atoms with Gasteiger partial charge in [-0.1, -0.05) is 65.1 Å². The molecule has 0 aromatic heterocycles. The van der Waals surface area contributed by atoms with E-state index in [1.807, 2.05) is 30.3 Å². The largest absolute Gasteiger partial charge is 0.508 e. The van der Waals surface area contributed by atoms with Gasteiger partial charge in [-0.2, -0.15) is 0 Å². The molecule has 0 fully saturated rings. The van der Waals surface area contributed by atoms with Crippen molar-refractivity contribution in [3.05, 3.63) is 60.2 Å². The van der Waals surface area contributed by atoms with E-state index in [0.29, 0.717) is 5.69 Å². The van der Waals surface area contributed by atoms with Crippen molar-refractivity contribution in [1.82, 2.24) is 10.6 Å². The fraction of sp³-hybridized carbons (Fsp3) is 0.176. The van der Waals surface area contributed by atoms with Crippen LogP contribution in [0.5, 0.6) is 5.75 Å². The molecule has 0 aliphatic heterocycles. The minimum Gasteiger partial charge on any atom is -0.508 e. The number of thiocarbonyl (C=S) groups is 1. The number of benzene rings is 2. The number of rotatable bonds is 5. The van der Waals surface area contributed by atoms with Gasteiger partial charge in [0.2, 0.25) is 9.70 Å². The smallest absolute Gasteiger partial charge is 0.228 e. The summed E-state index contributed by atoms with van der Waals surface area (Å²) in [5.74, 6) is -0.200. The van der Waals surface area contributed by atoms with Gasteiger partial charge in [-0.05, 0) is 42.0 Å². The Bertz CT molecular complexity index is 752. The molecular formula is C17H16Cl3N3O2S. The van der Waals surface area contributed by atoms with E-state index in [1.165, 1.54) is 12.1 Å². The Morgan fingerprint density at radius 3 is 2.23 bits per heavy atom. The van der Waals surface area contributed by atoms with Gasteiger partial charge in [0.25, 0.3) is 0 Å². The molecule has 26 heavy (non-hydrogen) atoms. The second-order valence-electron chi connectivity index (χ2n) is 5.35. The summed E-state index contributed by atoms with van der Waals surface area (Å²) in [5.41, 5.74) is 1.46. The maximum atomic E-state index is 12.2. The van der Waals surface area contributed by atoms with Gasteiger partial charge >= 0.3 is 0 Å². The number of anilines is 1. The summed E-state index contributed by atoms with van der Waals surface area (Å²) < 4.78 is -1.83. The second-order valence-corrected chi connectivity index (χ2v) is 8.13. The van der Waals surface area contributed by atoms with Crippen molar-refractivity contribution in [3.63, 3.8) is 0 Å². The quantitative estimate of drug-likeness (QED) is 0.251. The Morgan fingerprint density at radius 2 is 1.65 bits per heavy atom. The fourth-order valence-corrected chi connectivity index (χ4v) is 2.60. The monoisotopic (exact) mass is 431 g/mol. The van der Waals surface area contributed by atoms with Gasteiger partial charge in [0.15, 0.2) is 5.11 Å². The molecule has 0 bridgehead atoms. The summed E-state index contributed by atoms with van der Waals surface area (Å²) in [6.45, 7) is 0. The molecule has 2 aromatic carbocycles. The van der Waals surface area contributed by atoms with Crippen LogP contribution in [-0.2, 0) is 11.2 Å². The molecule has 0 saturated carbocycles. The van der Waals surface area contributed by atoms with Gasteiger partial charge in [0, 0.05) is 5.69 Å². The SMILES string of the molecule is O=C(Cc1ccccc1)N[C@@H](NC(=S)Nc1ccc(O)cc1)C(Cl)(Cl)Cl. The molecule has 0 saturated heterocycles. The molecule has 0 heterocycles. The minimum atomic E-state index is -1.83. The van der Waals surface area contributed by atoms with Gasteiger partial charge < -0.3 is 21.1 Å². The fourth-order valence-electron chi connectivity index (χ4n) is 2.04. The van der Waals surface area contributed by atoms with Gasteiger partial charge in [-0.25, -0.2) is 0 Å². The number of hydrogen-bond donors (Lipinski definition) is 4. The first kappa shape index (κ1) is 20.6. The number of phenols is 1. The van der Waals surface area contributed by atoms with E-state index in [9.17, 15) is 9.90 Å². The maximum Gasteiger partial charge on any atom is 0.228 e. The lowest BCUT2D eigenvalue weighted by Crippen LogP contribution is -2.56. The van der Waals surface area contributed by atoms with E-state index < -0.39 is 9.96 Å². The van der Waals surface area contributed by atoms with Crippen LogP contribution in [0.2, 0.25) is 0 Å². The average molecular weight is 433 g/mol. The van der Waals surface area contributed by atoms with Crippen LogP contribution >= 0.6 is 47.0 Å². The molecule has 5 nitrogen and oxygen atoms in total. The van der Waals surface area contributed by atoms with Crippen LogP contribution in [-0.4, -0.2) is 26.1 Å². The zero-order valence-electron chi connectivity index (χ0n) is 13.4. The highest BCUT2D eigenvalue weighted by atomic mass is 35.6. The molecule has 0 spiro atoms. The standard InChI is InChI=1S/C17H16Cl3N3O2S/c18-17(19,20)15(22-14(25)10-11-4-2-1-3-5-11)23-16(26)21-12-6-8-13(24)9-7-12/h1-9,15,24H,10H2,(H,22,25)(H2,21,23,26)/t15-/m0/s1. The van der Waals surface area contributed by atoms with Crippen molar-refractivity contribution in [1.29, 1.82) is 0 Å². The normalized spacial score (nSPS) is 12.1. The van der Waals surface area contributed by atoms with Crippen molar-refractivity contribution in [2.45, 2.75) is 16.4 Å². The number of nitrogens with one attached hydrogen (secondary N) is 3. The molecule has 9 heteroatoms. The predicted molar refractivity (Wildman–Crippen MR) is 110 cm³/mol. The molecule has 0 aliphatic carbocycles. The predicted octanol–water partition coefficient (Wildman–Crippen LogP) is 3.73. The lowest BCUT2D eigenvalue weighted by atomic mass is 10.1. The number of alkyl halides is 3. The number of amides is 1. The van der Waals surface area contributed by atoms with E-state index in [2.05, 4.69) is 16.0 Å². The Kier molecular flexibility index (Phi) is 7.34. The summed E-state index contributed by atoms with van der Waals surface area (Å²) >= 11 is 23.0. The van der Waals surface area contributed by atoms with Gasteiger partial charge in [0.05, 0.1) is 6.42 Å². The maximum absolute atomic E-state index is 12.2. The van der Waals surface area contributed by atoms with Crippen molar-refractivity contribution >= 4 is 63.7 Å². The Labute approximate surface area is 171 Å². The number of aromatic hydroxyl groups is 1. The molecule has 1 amide bonds. The van der Waals surface area contributed by atoms with E-state index in [0.717, 1.165) is 5.56 Å². The third-order valence-electron chi connectivity index (χ3n) is 3.24. The van der Waals surface area contributed by atoms with E-state index >= 15 is 0 Å². The zero-order valence-corrected chi connectivity index (χ0v) is 16.5. The first-order valence-electron chi connectivity index (χ1n) is 7.50. The highest BCUT2D eigenvalue weighted by Crippen LogP contribution is 2.29. The molecule has 0 unspecified atom stereocenters. The van der Waals surface area contributed by atoms with Gasteiger partial charge in [0.1, 0.15) is 11.9 Å². The minimum absolute atomic E-state index is 0.127. The first-order valence-corrected chi connectivity index (χ1v) is 9.05. The van der Waals surface area contributed by atoms with Crippen molar-refractivity contribution in [2.75, 3.05) is 5.32 Å². The van der Waals surface area contributed by atoms with Crippen LogP contribution in [0.1, 0.15) is 5.56 Å². The van der Waals surface area contributed by atoms with E-state index in [1.54, 1.807) is 12.1 Å². The van der Waals surface area contributed by atoms with Gasteiger partial charge in [-0.15, -0.1) is 0 Å². The average Bonchev–Trinajstić information content (AvgIpc) is 2.56. The Hall–Kier alpha value is -1.73. The molecular weight excluding hydrogens is 417 g/mol. The zero-order chi connectivity index (χ0) is 19.2. The summed E-state index contributed by atoms with van der Waals surface area (Å²) in [7, 11) is 0. The van der Waals surface area contributed by atoms with Crippen molar-refractivity contribution < 1.29 is 9.90 Å². The summed E-state index contributed by atoms with van der Waals surface area (Å²) in [6, 6.07) is 15.4. The number of hydrogen-bond acceptors (Lipinski definition) is 3. The lowest BCUT2D eigenvalue weighted by Gasteiger charge is -2.27. The van der Waals surface area contributed by atoms with Crippen LogP contribution in [0.3, 0.4) is 0 Å². The van der Waals surface area contributed by atoms with Crippen LogP contribution < -0.4 is 16.0 Å². The number of carbonyl (C=O) groups is 1. The third kappa shape index (κ3) is 6.88. The van der Waals surface area contributed by atoms with E-state index in [4.69, 9.17) is 47.0 Å². The molecule has 4 N–H and O–H groups in total. The molecule has 138 valence electrons. The molecule has 0 radical (unpaired) electrons. The topological polar surface area (TPSA) is 73.4 Å². The molecule has 2 aromatic rings. The highest BCUT2D eigenvalue weighted by Gasteiger charge is 2.34. The van der Waals surface area contributed by atoms with Crippen LogP contribution in [0.4, 0.5) is 5.69 Å². The molecule has 2 rings (SSSR count). The summed E-state index contributed by atoms with van der Waals surface area (Å²) in [5, 5.41) is 17.7. The Balaban J connectivity index is 1.97. The molecule has 0 aliphatic rings. The number of carbonyl (C=O) groups excluding carboxylic acids is 1. The van der Waals surface area contributed by atoms with Crippen LogP contribution in [0.25, 0.3) is 0 Å². The highest BCUT2D eigenvalue weighted by molar-refractivity contribution is 7.80. The summed E-state index contributed by atoms with van der Waals surface area (Å²) in [6.07, 6.45) is -0.904. The number of phenolic OH excluding ortho intramolecular Hbond substituents is 1. The molecule has 1 atom stereocenters. The second kappa shape index (κ2) is 9.28. The van der Waals surface area contributed by atoms with Crippen LogP contribution in [0, 0.1) is 0 Å². The first-order chi connectivity index (χ1) is 12.2. The Morgan fingerprint density at radius 1 is 1.04 bits per heavy atom. The van der Waals surface area contributed by atoms with Crippen molar-refractivity contribution in [2.24, 2.45) is 0 Å². The van der Waals surface area contributed by atoms with Crippen LogP contribution in [0.15, 0.2) is 54.6 Å². The lowest BCUT2D eigenvalue weighted by molar-refractivity contribution is -0.121.